The molecule has 38 heavy (non-hydrogen) atoms. The number of sulfone groups is 1. The van der Waals surface area contributed by atoms with Crippen LogP contribution in [0.1, 0.15) is 13.8 Å². The highest BCUT2D eigenvalue weighted by Crippen LogP contribution is 2.27. The molecule has 3 rings (SSSR count). The lowest BCUT2D eigenvalue weighted by atomic mass is 10.3. The highest BCUT2D eigenvalue weighted by atomic mass is 32.2. The Morgan fingerprint density at radius 1 is 1.08 bits per heavy atom. The van der Waals surface area contributed by atoms with Gasteiger partial charge in [-0.05, 0) is 38.1 Å². The van der Waals surface area contributed by atoms with E-state index in [4.69, 9.17) is 4.74 Å². The average Bonchev–Trinajstić information content (AvgIpc) is 2.86. The molecule has 1 amide bonds. The Kier molecular flexibility index (Phi) is 9.40. The molecule has 0 aliphatic rings. The number of rotatable bonds is 11. The zero-order chi connectivity index (χ0) is 27.9. The molecule has 0 fully saturated rings. The van der Waals surface area contributed by atoms with Gasteiger partial charge in [0.1, 0.15) is 22.3 Å². The summed E-state index contributed by atoms with van der Waals surface area (Å²) in [5, 5.41) is 6.14. The number of nitrogens with one attached hydrogen (secondary N) is 2. The molecule has 0 spiro atoms. The minimum absolute atomic E-state index is 0.0949. The van der Waals surface area contributed by atoms with Crippen LogP contribution >= 0.6 is 0 Å². The number of nitrogens with zero attached hydrogens (tertiary/aromatic N) is 4. The van der Waals surface area contributed by atoms with E-state index in [1.807, 2.05) is 18.7 Å². The van der Waals surface area contributed by atoms with Gasteiger partial charge in [-0.1, -0.05) is 6.07 Å². The molecular weight excluding hydrogens is 518 g/mol. The minimum Gasteiger partial charge on any atom is -0.410 e. The highest BCUT2D eigenvalue weighted by molar-refractivity contribution is 7.91. The molecule has 3 aromatic rings. The molecule has 0 saturated carbocycles. The molecule has 0 radical (unpaired) electrons. The van der Waals surface area contributed by atoms with Crippen molar-refractivity contribution in [3.05, 3.63) is 60.3 Å². The normalized spacial score (nSPS) is 11.1. The lowest BCUT2D eigenvalue weighted by Crippen LogP contribution is -2.25. The van der Waals surface area contributed by atoms with Crippen LogP contribution in [0.3, 0.4) is 0 Å². The van der Waals surface area contributed by atoms with Gasteiger partial charge in [-0.3, -0.25) is 0 Å². The van der Waals surface area contributed by atoms with Crippen LogP contribution in [-0.2, 0) is 9.84 Å². The maximum absolute atomic E-state index is 14.0. The van der Waals surface area contributed by atoms with E-state index < -0.39 is 38.2 Å². The zero-order valence-electron chi connectivity index (χ0n) is 21.5. The van der Waals surface area contributed by atoms with Crippen molar-refractivity contribution in [1.82, 2.24) is 14.9 Å². The highest BCUT2D eigenvalue weighted by Gasteiger charge is 2.20. The maximum Gasteiger partial charge on any atom is 0.414 e. The van der Waals surface area contributed by atoms with Crippen molar-refractivity contribution in [2.24, 2.45) is 0 Å². The number of anilines is 4. The van der Waals surface area contributed by atoms with Gasteiger partial charge >= 0.3 is 6.09 Å². The SMILES string of the molecule is CCN(CC)c1ncc(NCCS(=O)(=O)c2ccc(F)cc2F)c(Nc2cccc(OC(=O)N(C)C)c2)n1. The third-order valence-corrected chi connectivity index (χ3v) is 7.15. The Balaban J connectivity index is 1.84. The summed E-state index contributed by atoms with van der Waals surface area (Å²) in [7, 11) is -0.885. The standard InChI is InChI=1S/C25H30F2N6O4S/c1-5-33(6-2)24-29-16-21(28-12-13-38(35,36)22-11-10-17(26)14-20(22)27)23(31-24)30-18-8-7-9-19(15-18)37-25(34)32(3)4/h7-11,14-16,28H,5-6,12-13H2,1-4H3,(H,29,30,31). The summed E-state index contributed by atoms with van der Waals surface area (Å²) in [5.74, 6) is -1.34. The van der Waals surface area contributed by atoms with Gasteiger partial charge in [0.2, 0.25) is 5.95 Å². The average molecular weight is 549 g/mol. The number of halogens is 2. The molecule has 2 N–H and O–H groups in total. The van der Waals surface area contributed by atoms with E-state index in [-0.39, 0.29) is 6.54 Å². The molecule has 0 atom stereocenters. The van der Waals surface area contributed by atoms with E-state index in [1.54, 1.807) is 38.4 Å². The third kappa shape index (κ3) is 7.28. The molecule has 2 aromatic carbocycles. The van der Waals surface area contributed by atoms with Gasteiger partial charge < -0.3 is 25.2 Å². The smallest absolute Gasteiger partial charge is 0.410 e. The summed E-state index contributed by atoms with van der Waals surface area (Å²) in [6.45, 7) is 5.17. The van der Waals surface area contributed by atoms with Crippen LogP contribution in [0.25, 0.3) is 0 Å². The Hall–Kier alpha value is -4.00. The van der Waals surface area contributed by atoms with Gasteiger partial charge in [0.25, 0.3) is 0 Å². The lowest BCUT2D eigenvalue weighted by molar-refractivity contribution is 0.172. The molecule has 204 valence electrons. The van der Waals surface area contributed by atoms with Gasteiger partial charge in [0, 0.05) is 51.5 Å². The summed E-state index contributed by atoms with van der Waals surface area (Å²) in [4.78, 5) is 23.6. The molecule has 0 aliphatic heterocycles. The topological polar surface area (TPSA) is 117 Å². The molecule has 0 saturated heterocycles. The van der Waals surface area contributed by atoms with Crippen molar-refractivity contribution in [3.63, 3.8) is 0 Å². The predicted molar refractivity (Wildman–Crippen MR) is 142 cm³/mol. The van der Waals surface area contributed by atoms with Crippen LogP contribution in [0, 0.1) is 11.6 Å². The van der Waals surface area contributed by atoms with Gasteiger partial charge in [-0.25, -0.2) is 27.0 Å². The quantitative estimate of drug-likeness (QED) is 0.339. The number of hydrogen-bond acceptors (Lipinski definition) is 9. The molecule has 0 bridgehead atoms. The fraction of sp³-hybridized carbons (Fsp3) is 0.320. The fourth-order valence-corrected chi connectivity index (χ4v) is 4.60. The molecule has 0 aliphatic carbocycles. The van der Waals surface area contributed by atoms with Crippen LogP contribution in [0.5, 0.6) is 5.75 Å². The Bertz CT molecular complexity index is 1380. The van der Waals surface area contributed by atoms with Gasteiger partial charge in [-0.15, -0.1) is 0 Å². The van der Waals surface area contributed by atoms with Gasteiger partial charge in [0.05, 0.1) is 17.6 Å². The van der Waals surface area contributed by atoms with Crippen molar-refractivity contribution in [1.29, 1.82) is 0 Å². The fourth-order valence-electron chi connectivity index (χ4n) is 3.38. The van der Waals surface area contributed by atoms with Gasteiger partial charge in [0.15, 0.2) is 15.7 Å². The van der Waals surface area contributed by atoms with Gasteiger partial charge in [-0.2, -0.15) is 4.98 Å². The number of carbonyl (C=O) groups excluding carboxylic acids is 1. The lowest BCUT2D eigenvalue weighted by Gasteiger charge is -2.21. The first kappa shape index (κ1) is 28.6. The predicted octanol–water partition coefficient (Wildman–Crippen LogP) is 4.29. The second-order valence-corrected chi connectivity index (χ2v) is 10.4. The first-order valence-corrected chi connectivity index (χ1v) is 13.5. The van der Waals surface area contributed by atoms with E-state index in [0.717, 1.165) is 12.1 Å². The van der Waals surface area contributed by atoms with Crippen LogP contribution < -0.4 is 20.3 Å². The molecule has 0 unspecified atom stereocenters. The summed E-state index contributed by atoms with van der Waals surface area (Å²) >= 11 is 0. The largest absolute Gasteiger partial charge is 0.414 e. The summed E-state index contributed by atoms with van der Waals surface area (Å²) in [6.07, 6.45) is 0.985. The zero-order valence-corrected chi connectivity index (χ0v) is 22.3. The van der Waals surface area contributed by atoms with Crippen LogP contribution in [0.2, 0.25) is 0 Å². The van der Waals surface area contributed by atoms with E-state index in [0.29, 0.717) is 48.0 Å². The minimum atomic E-state index is -4.03. The third-order valence-electron chi connectivity index (χ3n) is 5.40. The number of hydrogen-bond donors (Lipinski definition) is 2. The monoisotopic (exact) mass is 548 g/mol. The van der Waals surface area contributed by atoms with E-state index in [2.05, 4.69) is 20.6 Å². The number of benzene rings is 2. The number of ether oxygens (including phenoxy) is 1. The Labute approximate surface area is 220 Å². The second-order valence-electron chi connectivity index (χ2n) is 8.34. The second kappa shape index (κ2) is 12.5. The molecule has 1 aromatic heterocycles. The Morgan fingerprint density at radius 2 is 1.82 bits per heavy atom. The molecule has 13 heteroatoms. The number of aromatic nitrogens is 2. The number of amides is 1. The molecule has 10 nitrogen and oxygen atoms in total. The summed E-state index contributed by atoms with van der Waals surface area (Å²) in [6, 6.07) is 9.03. The summed E-state index contributed by atoms with van der Waals surface area (Å²) in [5.41, 5.74) is 0.952. The van der Waals surface area contributed by atoms with Crippen LogP contribution in [0.4, 0.5) is 36.7 Å². The first-order chi connectivity index (χ1) is 18.0. The van der Waals surface area contributed by atoms with Crippen molar-refractivity contribution in [2.45, 2.75) is 18.7 Å². The summed E-state index contributed by atoms with van der Waals surface area (Å²) < 4.78 is 57.8. The van der Waals surface area contributed by atoms with Crippen molar-refractivity contribution in [3.8, 4) is 5.75 Å². The molecule has 1 heterocycles. The Morgan fingerprint density at radius 3 is 2.47 bits per heavy atom. The van der Waals surface area contributed by atoms with E-state index in [9.17, 15) is 22.0 Å². The van der Waals surface area contributed by atoms with Crippen molar-refractivity contribution in [2.75, 3.05) is 55.0 Å². The number of carbonyl (C=O) groups is 1. The first-order valence-electron chi connectivity index (χ1n) is 11.8. The van der Waals surface area contributed by atoms with Crippen LogP contribution in [-0.4, -0.2) is 68.9 Å². The maximum atomic E-state index is 14.0. The van der Waals surface area contributed by atoms with Crippen LogP contribution in [0.15, 0.2) is 53.6 Å². The molecular formula is C25H30F2N6O4S. The van der Waals surface area contributed by atoms with E-state index >= 15 is 0 Å². The van der Waals surface area contributed by atoms with E-state index in [1.165, 1.54) is 11.1 Å². The van der Waals surface area contributed by atoms with Crippen molar-refractivity contribution >= 4 is 39.1 Å². The van der Waals surface area contributed by atoms with Crippen molar-refractivity contribution < 1.29 is 26.7 Å².